The number of rotatable bonds is 5. The van der Waals surface area contributed by atoms with Crippen molar-refractivity contribution in [1.82, 2.24) is 14.7 Å². The highest BCUT2D eigenvalue weighted by atomic mass is 16.5. The van der Waals surface area contributed by atoms with E-state index in [1.165, 1.54) is 5.56 Å². The summed E-state index contributed by atoms with van der Waals surface area (Å²) < 4.78 is 12.7. The molecule has 3 rings (SSSR count). The van der Waals surface area contributed by atoms with Crippen LogP contribution in [0.5, 0.6) is 5.75 Å². The highest BCUT2D eigenvalue weighted by Gasteiger charge is 2.23. The van der Waals surface area contributed by atoms with Gasteiger partial charge in [-0.3, -0.25) is 4.90 Å². The first kappa shape index (κ1) is 14.1. The number of benzene rings is 1. The molecule has 5 nitrogen and oxygen atoms in total. The average Bonchev–Trinajstić information content (AvgIpc) is 3.18. The fourth-order valence-corrected chi connectivity index (χ4v) is 2.82. The van der Waals surface area contributed by atoms with E-state index >= 15 is 0 Å². The zero-order chi connectivity index (χ0) is 14.7. The maximum Gasteiger partial charge on any atom is 0.119 e. The molecular weight excluding hydrogens is 266 g/mol. The smallest absolute Gasteiger partial charge is 0.119 e. The van der Waals surface area contributed by atoms with E-state index in [1.807, 2.05) is 23.0 Å². The lowest BCUT2D eigenvalue weighted by molar-refractivity contribution is 0.107. The third-order valence-corrected chi connectivity index (χ3v) is 3.99. The Morgan fingerprint density at radius 3 is 2.90 bits per heavy atom. The van der Waals surface area contributed by atoms with Gasteiger partial charge in [-0.1, -0.05) is 0 Å². The summed E-state index contributed by atoms with van der Waals surface area (Å²) in [6.45, 7) is 2.92. The van der Waals surface area contributed by atoms with E-state index < -0.39 is 0 Å². The normalized spacial score (nSPS) is 19.0. The molecule has 5 heteroatoms. The van der Waals surface area contributed by atoms with E-state index in [1.54, 1.807) is 20.4 Å². The molecule has 0 bridgehead atoms. The van der Waals surface area contributed by atoms with Crippen molar-refractivity contribution in [3.05, 3.63) is 42.2 Å². The molecule has 1 aromatic carbocycles. The van der Waals surface area contributed by atoms with E-state index in [0.717, 1.165) is 37.5 Å². The Morgan fingerprint density at radius 2 is 2.24 bits per heavy atom. The number of aromatic nitrogens is 2. The van der Waals surface area contributed by atoms with E-state index in [-0.39, 0.29) is 0 Å². The molecule has 0 aliphatic carbocycles. The van der Waals surface area contributed by atoms with Crippen LogP contribution in [0.1, 0.15) is 12.0 Å². The highest BCUT2D eigenvalue weighted by molar-refractivity contribution is 5.45. The van der Waals surface area contributed by atoms with Crippen molar-refractivity contribution < 1.29 is 9.47 Å². The van der Waals surface area contributed by atoms with Gasteiger partial charge in [0.25, 0.3) is 0 Å². The molecule has 1 aliphatic rings. The number of hydrogen-bond acceptors (Lipinski definition) is 4. The first-order valence-corrected chi connectivity index (χ1v) is 7.22. The van der Waals surface area contributed by atoms with Crippen LogP contribution in [-0.2, 0) is 11.3 Å². The number of hydrogen-bond donors (Lipinski definition) is 0. The molecule has 1 atom stereocenters. The van der Waals surface area contributed by atoms with E-state index in [9.17, 15) is 0 Å². The quantitative estimate of drug-likeness (QED) is 0.844. The van der Waals surface area contributed by atoms with Crippen LogP contribution in [0, 0.1) is 0 Å². The number of likely N-dealkylation sites (tertiary alicyclic amines) is 1. The van der Waals surface area contributed by atoms with Crippen LogP contribution in [0.15, 0.2) is 36.7 Å². The van der Waals surface area contributed by atoms with Crippen molar-refractivity contribution in [3.8, 4) is 11.4 Å². The van der Waals surface area contributed by atoms with Gasteiger partial charge >= 0.3 is 0 Å². The molecule has 0 radical (unpaired) electrons. The molecule has 1 aliphatic heterocycles. The molecule has 112 valence electrons. The molecule has 1 aromatic heterocycles. The molecule has 1 fully saturated rings. The molecular formula is C16H21N3O2. The largest absolute Gasteiger partial charge is 0.497 e. The van der Waals surface area contributed by atoms with Crippen LogP contribution in [0.4, 0.5) is 0 Å². The zero-order valence-electron chi connectivity index (χ0n) is 12.5. The van der Waals surface area contributed by atoms with E-state index in [0.29, 0.717) is 6.10 Å². The summed E-state index contributed by atoms with van der Waals surface area (Å²) in [4.78, 5) is 2.41. The molecule has 2 aromatic rings. The second kappa shape index (κ2) is 6.28. The summed E-state index contributed by atoms with van der Waals surface area (Å²) in [7, 11) is 3.48. The molecule has 0 saturated carbocycles. The fraction of sp³-hybridized carbons (Fsp3) is 0.438. The van der Waals surface area contributed by atoms with Gasteiger partial charge in [-0.05, 0) is 36.2 Å². The van der Waals surface area contributed by atoms with Crippen LogP contribution in [0.25, 0.3) is 5.69 Å². The van der Waals surface area contributed by atoms with Gasteiger partial charge in [-0.15, -0.1) is 0 Å². The minimum absolute atomic E-state index is 0.351. The van der Waals surface area contributed by atoms with Gasteiger partial charge in [0, 0.05) is 39.1 Å². The first-order valence-electron chi connectivity index (χ1n) is 7.22. The van der Waals surface area contributed by atoms with Gasteiger partial charge in [0.15, 0.2) is 0 Å². The first-order chi connectivity index (χ1) is 10.3. The summed E-state index contributed by atoms with van der Waals surface area (Å²) in [6, 6.07) is 8.06. The molecule has 21 heavy (non-hydrogen) atoms. The summed E-state index contributed by atoms with van der Waals surface area (Å²) in [5, 5.41) is 4.34. The van der Waals surface area contributed by atoms with Crippen molar-refractivity contribution in [2.45, 2.75) is 19.1 Å². The maximum absolute atomic E-state index is 5.44. The van der Waals surface area contributed by atoms with Crippen LogP contribution in [-0.4, -0.2) is 48.1 Å². The molecule has 1 unspecified atom stereocenters. The number of nitrogens with zero attached hydrogens (tertiary/aromatic N) is 3. The Kier molecular flexibility index (Phi) is 4.22. The van der Waals surface area contributed by atoms with Crippen LogP contribution in [0.3, 0.4) is 0 Å². The summed E-state index contributed by atoms with van der Waals surface area (Å²) >= 11 is 0. The Bertz CT molecular complexity index is 583. The lowest BCUT2D eigenvalue weighted by Gasteiger charge is -2.19. The van der Waals surface area contributed by atoms with Crippen LogP contribution >= 0.6 is 0 Å². The monoisotopic (exact) mass is 287 g/mol. The third kappa shape index (κ3) is 3.09. The van der Waals surface area contributed by atoms with Crippen molar-refractivity contribution in [2.75, 3.05) is 27.3 Å². The standard InChI is InChI=1S/C16H21N3O2/c1-20-14-4-5-16(19-8-3-7-17-19)13(10-14)11-18-9-6-15(12-18)21-2/h3-5,7-8,10,15H,6,9,11-12H2,1-2H3. The second-order valence-electron chi connectivity index (χ2n) is 5.33. The van der Waals surface area contributed by atoms with E-state index in [2.05, 4.69) is 22.1 Å². The Labute approximate surface area is 125 Å². The second-order valence-corrected chi connectivity index (χ2v) is 5.33. The molecule has 0 amide bonds. The number of methoxy groups -OCH3 is 2. The molecule has 1 saturated heterocycles. The van der Waals surface area contributed by atoms with Gasteiger partial charge in [-0.2, -0.15) is 5.10 Å². The minimum atomic E-state index is 0.351. The highest BCUT2D eigenvalue weighted by Crippen LogP contribution is 2.24. The summed E-state index contributed by atoms with van der Waals surface area (Å²) in [5.41, 5.74) is 2.32. The number of ether oxygens (including phenoxy) is 2. The van der Waals surface area contributed by atoms with Gasteiger partial charge in [0.2, 0.25) is 0 Å². The van der Waals surface area contributed by atoms with Gasteiger partial charge in [0.1, 0.15) is 5.75 Å². The summed E-state index contributed by atoms with van der Waals surface area (Å²) in [5.74, 6) is 0.878. The SMILES string of the molecule is COc1ccc(-n2cccn2)c(CN2CCC(OC)C2)c1. The predicted molar refractivity (Wildman–Crippen MR) is 80.8 cm³/mol. The van der Waals surface area contributed by atoms with Gasteiger partial charge < -0.3 is 9.47 Å². The van der Waals surface area contributed by atoms with Crippen LogP contribution in [0.2, 0.25) is 0 Å². The maximum atomic E-state index is 5.44. The Hall–Kier alpha value is -1.85. The van der Waals surface area contributed by atoms with Crippen molar-refractivity contribution >= 4 is 0 Å². The lowest BCUT2D eigenvalue weighted by atomic mass is 10.1. The Balaban J connectivity index is 1.85. The van der Waals surface area contributed by atoms with E-state index in [4.69, 9.17) is 9.47 Å². The van der Waals surface area contributed by atoms with Crippen molar-refractivity contribution in [3.63, 3.8) is 0 Å². The Morgan fingerprint density at radius 1 is 1.33 bits per heavy atom. The van der Waals surface area contributed by atoms with Crippen LogP contribution < -0.4 is 4.74 Å². The third-order valence-electron chi connectivity index (χ3n) is 3.99. The van der Waals surface area contributed by atoms with Gasteiger partial charge in [-0.25, -0.2) is 4.68 Å². The molecule has 0 N–H and O–H groups in total. The van der Waals surface area contributed by atoms with Crippen molar-refractivity contribution in [1.29, 1.82) is 0 Å². The topological polar surface area (TPSA) is 39.5 Å². The summed E-state index contributed by atoms with van der Waals surface area (Å²) in [6.07, 6.45) is 5.21. The fourth-order valence-electron chi connectivity index (χ4n) is 2.82. The lowest BCUT2D eigenvalue weighted by Crippen LogP contribution is -2.23. The minimum Gasteiger partial charge on any atom is -0.497 e. The van der Waals surface area contributed by atoms with Gasteiger partial charge in [0.05, 0.1) is 18.9 Å². The zero-order valence-corrected chi connectivity index (χ0v) is 12.5. The van der Waals surface area contributed by atoms with Crippen molar-refractivity contribution in [2.24, 2.45) is 0 Å². The average molecular weight is 287 g/mol. The molecule has 2 heterocycles. The predicted octanol–water partition coefficient (Wildman–Crippen LogP) is 2.10. The molecule has 0 spiro atoms.